The van der Waals surface area contributed by atoms with Gasteiger partial charge in [0.15, 0.2) is 11.5 Å². The molecule has 0 atom stereocenters. The first-order valence-corrected chi connectivity index (χ1v) is 13.6. The Morgan fingerprint density at radius 3 is 2.02 bits per heavy atom. The number of hydrogen-bond donors (Lipinski definition) is 4. The molecule has 42 heavy (non-hydrogen) atoms. The molecule has 0 saturated carbocycles. The Hall–Kier alpha value is -4.99. The Balaban J connectivity index is 1.77. The van der Waals surface area contributed by atoms with E-state index in [2.05, 4.69) is 20.5 Å². The van der Waals surface area contributed by atoms with Gasteiger partial charge in [0.2, 0.25) is 0 Å². The van der Waals surface area contributed by atoms with Crippen LogP contribution in [0.3, 0.4) is 0 Å². The number of phenols is 1. The highest BCUT2D eigenvalue weighted by molar-refractivity contribution is 7.86. The summed E-state index contributed by atoms with van der Waals surface area (Å²) < 4.78 is 55.7. The number of hydrogen-bond acceptors (Lipinski definition) is 13. The number of benzene rings is 4. The highest BCUT2D eigenvalue weighted by Crippen LogP contribution is 2.45. The summed E-state index contributed by atoms with van der Waals surface area (Å²) in [6, 6.07) is 13.3. The average molecular weight is 598 g/mol. The molecule has 0 bridgehead atoms. The van der Waals surface area contributed by atoms with Crippen LogP contribution < -0.4 is 24.7 Å². The van der Waals surface area contributed by atoms with E-state index in [-0.39, 0.29) is 46.9 Å². The Kier molecular flexibility index (Phi) is 9.05. The Morgan fingerprint density at radius 1 is 0.786 bits per heavy atom. The summed E-state index contributed by atoms with van der Waals surface area (Å²) in [6.07, 6.45) is 0. The minimum Gasteiger partial charge on any atom is -0.505 e. The van der Waals surface area contributed by atoms with Crippen LogP contribution in [0.15, 0.2) is 79.9 Å². The van der Waals surface area contributed by atoms with Crippen molar-refractivity contribution in [2.75, 3.05) is 40.3 Å². The summed E-state index contributed by atoms with van der Waals surface area (Å²) in [5, 5.41) is 37.0. The molecule has 220 valence electrons. The first-order valence-electron chi connectivity index (χ1n) is 12.1. The van der Waals surface area contributed by atoms with E-state index in [1.807, 2.05) is 0 Å². The highest BCUT2D eigenvalue weighted by atomic mass is 32.2. The number of aliphatic hydroxyl groups excluding tert-OH is 1. The number of aliphatic hydroxyl groups is 1. The molecule has 0 heterocycles. The van der Waals surface area contributed by atoms with Crippen molar-refractivity contribution in [3.63, 3.8) is 0 Å². The summed E-state index contributed by atoms with van der Waals surface area (Å²) in [7, 11) is -0.554. The largest absolute Gasteiger partial charge is 0.505 e. The van der Waals surface area contributed by atoms with Crippen LogP contribution in [0.2, 0.25) is 0 Å². The number of ether oxygens (including phenoxy) is 4. The normalized spacial score (nSPS) is 11.8. The van der Waals surface area contributed by atoms with Crippen molar-refractivity contribution in [2.24, 2.45) is 20.5 Å². The molecule has 4 rings (SSSR count). The molecule has 15 heteroatoms. The van der Waals surface area contributed by atoms with E-state index in [4.69, 9.17) is 29.8 Å². The van der Waals surface area contributed by atoms with Crippen molar-refractivity contribution < 1.29 is 42.1 Å². The molecule has 0 aliphatic rings. The number of azo groups is 2. The van der Waals surface area contributed by atoms with Gasteiger partial charge >= 0.3 is 0 Å². The van der Waals surface area contributed by atoms with Crippen LogP contribution in [-0.2, 0) is 10.1 Å². The van der Waals surface area contributed by atoms with E-state index in [9.17, 15) is 18.1 Å². The van der Waals surface area contributed by atoms with Gasteiger partial charge in [-0.2, -0.15) is 8.42 Å². The van der Waals surface area contributed by atoms with Crippen LogP contribution >= 0.6 is 0 Å². The lowest BCUT2D eigenvalue weighted by Crippen LogP contribution is -2.01. The van der Waals surface area contributed by atoms with Crippen molar-refractivity contribution in [3.05, 3.63) is 54.6 Å². The average Bonchev–Trinajstić information content (AvgIpc) is 2.97. The van der Waals surface area contributed by atoms with Crippen molar-refractivity contribution in [1.29, 1.82) is 0 Å². The van der Waals surface area contributed by atoms with E-state index < -0.39 is 26.5 Å². The summed E-state index contributed by atoms with van der Waals surface area (Å²) in [4.78, 5) is -0.670. The van der Waals surface area contributed by atoms with E-state index in [1.54, 1.807) is 18.2 Å². The summed E-state index contributed by atoms with van der Waals surface area (Å²) in [5.41, 5.74) is 6.28. The van der Waals surface area contributed by atoms with Crippen molar-refractivity contribution >= 4 is 49.3 Å². The van der Waals surface area contributed by atoms with Crippen LogP contribution in [0.4, 0.5) is 28.4 Å². The fourth-order valence-corrected chi connectivity index (χ4v) is 4.53. The number of methoxy groups -OCH3 is 3. The van der Waals surface area contributed by atoms with Crippen molar-refractivity contribution in [1.82, 2.24) is 0 Å². The minimum atomic E-state index is -4.82. The Morgan fingerprint density at radius 2 is 1.43 bits per heavy atom. The molecule has 0 aliphatic carbocycles. The van der Waals surface area contributed by atoms with E-state index in [0.717, 1.165) is 6.07 Å². The lowest BCUT2D eigenvalue weighted by molar-refractivity contribution is 0.201. The fraction of sp³-hybridized carbons (Fsp3) is 0.185. The Labute approximate surface area is 240 Å². The molecular formula is C27H27N5O9S. The number of nitrogens with zero attached hydrogens (tertiary/aromatic N) is 4. The molecule has 5 N–H and O–H groups in total. The van der Waals surface area contributed by atoms with Gasteiger partial charge in [-0.15, -0.1) is 20.5 Å². The van der Waals surface area contributed by atoms with Gasteiger partial charge in [0.1, 0.15) is 51.5 Å². The zero-order valence-corrected chi connectivity index (χ0v) is 23.5. The van der Waals surface area contributed by atoms with Gasteiger partial charge in [-0.3, -0.25) is 4.55 Å². The predicted octanol–water partition coefficient (Wildman–Crippen LogP) is 5.60. The van der Waals surface area contributed by atoms with Gasteiger partial charge in [-0.1, -0.05) is 0 Å². The Bertz CT molecular complexity index is 1790. The molecule has 0 radical (unpaired) electrons. The lowest BCUT2D eigenvalue weighted by Gasteiger charge is -2.11. The molecule has 0 fully saturated rings. The smallest absolute Gasteiger partial charge is 0.296 e. The second-order valence-electron chi connectivity index (χ2n) is 8.53. The van der Waals surface area contributed by atoms with Gasteiger partial charge in [0.25, 0.3) is 10.1 Å². The highest BCUT2D eigenvalue weighted by Gasteiger charge is 2.22. The lowest BCUT2D eigenvalue weighted by atomic mass is 10.1. The molecule has 0 aliphatic heterocycles. The van der Waals surface area contributed by atoms with Gasteiger partial charge in [0, 0.05) is 29.3 Å². The van der Waals surface area contributed by atoms with Gasteiger partial charge in [0.05, 0.1) is 27.9 Å². The summed E-state index contributed by atoms with van der Waals surface area (Å²) >= 11 is 0. The van der Waals surface area contributed by atoms with Crippen molar-refractivity contribution in [3.8, 4) is 28.7 Å². The second kappa shape index (κ2) is 12.7. The number of fused-ring (bicyclic) bond motifs is 1. The van der Waals surface area contributed by atoms with Crippen LogP contribution in [-0.4, -0.2) is 57.7 Å². The monoisotopic (exact) mass is 597 g/mol. The zero-order chi connectivity index (χ0) is 30.4. The van der Waals surface area contributed by atoms with Crippen molar-refractivity contribution in [2.45, 2.75) is 4.90 Å². The van der Waals surface area contributed by atoms with Gasteiger partial charge < -0.3 is 34.9 Å². The minimum absolute atomic E-state index is 0.0344. The number of aromatic hydroxyl groups is 1. The second-order valence-corrected chi connectivity index (χ2v) is 9.92. The molecule has 0 saturated heterocycles. The third kappa shape index (κ3) is 6.49. The molecule has 0 unspecified atom stereocenters. The third-order valence-corrected chi connectivity index (χ3v) is 6.74. The molecule has 0 spiro atoms. The zero-order valence-electron chi connectivity index (χ0n) is 22.7. The summed E-state index contributed by atoms with van der Waals surface area (Å²) in [5.74, 6) is 0.680. The van der Waals surface area contributed by atoms with Gasteiger partial charge in [-0.25, -0.2) is 0 Å². The number of rotatable bonds is 11. The van der Waals surface area contributed by atoms with Gasteiger partial charge in [-0.05, 0) is 41.8 Å². The van der Waals surface area contributed by atoms with Crippen LogP contribution in [0.25, 0.3) is 10.8 Å². The number of phenolic OH excluding ortho intramolecular Hbond substituents is 1. The molecule has 4 aromatic carbocycles. The molecule has 4 aromatic rings. The quantitative estimate of drug-likeness (QED) is 0.0955. The number of anilines is 1. The molecule has 0 amide bonds. The predicted molar refractivity (Wildman–Crippen MR) is 153 cm³/mol. The maximum absolute atomic E-state index is 12.1. The third-order valence-electron chi connectivity index (χ3n) is 5.87. The maximum atomic E-state index is 12.1. The van der Waals surface area contributed by atoms with E-state index >= 15 is 0 Å². The standard InChI is InChI=1S/C27H27N5O9S/c1-38-17-5-7-19(24(12-17)41-9-8-33)29-30-20-13-23(40-3)21(14-22(20)39-2)31-32-26-25(42(35,36)37)11-15-10-16(28)4-6-18(15)27(26)34/h4-7,10-14,33-34H,8-9,28H2,1-3H3,(H,35,36,37). The van der Waals surface area contributed by atoms with Crippen LogP contribution in [0.1, 0.15) is 0 Å². The van der Waals surface area contributed by atoms with Crippen LogP contribution in [0, 0.1) is 0 Å². The number of nitrogens with two attached hydrogens (primary N) is 1. The summed E-state index contributed by atoms with van der Waals surface area (Å²) in [6.45, 7) is -0.168. The maximum Gasteiger partial charge on any atom is 0.296 e. The van der Waals surface area contributed by atoms with Crippen LogP contribution in [0.5, 0.6) is 28.7 Å². The molecule has 14 nitrogen and oxygen atoms in total. The first kappa shape index (κ1) is 30.0. The topological polar surface area (TPSA) is 207 Å². The number of nitrogen functional groups attached to an aromatic ring is 1. The van der Waals surface area contributed by atoms with E-state index in [0.29, 0.717) is 22.9 Å². The molecular weight excluding hydrogens is 570 g/mol. The molecule has 0 aromatic heterocycles. The van der Waals surface area contributed by atoms with E-state index in [1.165, 1.54) is 51.7 Å². The fourth-order valence-electron chi connectivity index (χ4n) is 3.87. The SMILES string of the molecule is COc1ccc(N=Nc2cc(OC)c(N=Nc3c(S(=O)(=O)O)cc4cc(N)ccc4c3O)cc2OC)c(OCCO)c1. The first-order chi connectivity index (χ1) is 20.1.